The summed E-state index contributed by atoms with van der Waals surface area (Å²) in [7, 11) is 1.75. The van der Waals surface area contributed by atoms with Crippen molar-refractivity contribution in [1.82, 2.24) is 10.2 Å². The zero-order valence-corrected chi connectivity index (χ0v) is 13.7. The molecule has 2 saturated heterocycles. The van der Waals surface area contributed by atoms with E-state index in [2.05, 4.69) is 26.1 Å². The van der Waals surface area contributed by atoms with E-state index in [1.54, 1.807) is 7.11 Å². The maximum Gasteiger partial charge on any atom is 0.317 e. The summed E-state index contributed by atoms with van der Waals surface area (Å²) in [6, 6.07) is 0.265. The van der Waals surface area contributed by atoms with E-state index in [0.717, 1.165) is 45.6 Å². The topological polar surface area (TPSA) is 50.8 Å². The highest BCUT2D eigenvalue weighted by Crippen LogP contribution is 2.51. The molecular weight excluding hydrogens is 268 g/mol. The van der Waals surface area contributed by atoms with Gasteiger partial charge in [0.05, 0.1) is 12.2 Å². The average Bonchev–Trinajstić information content (AvgIpc) is 3.08. The molecule has 0 aromatic rings. The second-order valence-electron chi connectivity index (χ2n) is 7.84. The summed E-state index contributed by atoms with van der Waals surface area (Å²) in [5.74, 6) is 0. The van der Waals surface area contributed by atoms with Gasteiger partial charge in [0.25, 0.3) is 0 Å². The number of rotatable bonds is 2. The monoisotopic (exact) mass is 296 g/mol. The van der Waals surface area contributed by atoms with Gasteiger partial charge in [-0.15, -0.1) is 0 Å². The summed E-state index contributed by atoms with van der Waals surface area (Å²) in [5, 5.41) is 3.21. The Morgan fingerprint density at radius 3 is 2.67 bits per heavy atom. The van der Waals surface area contributed by atoms with Gasteiger partial charge < -0.3 is 19.7 Å². The number of carbonyl (C=O) groups is 1. The average molecular weight is 296 g/mol. The maximum absolute atomic E-state index is 12.5. The van der Waals surface area contributed by atoms with Crippen molar-refractivity contribution in [2.75, 3.05) is 33.4 Å². The molecule has 0 aromatic carbocycles. The van der Waals surface area contributed by atoms with E-state index in [-0.39, 0.29) is 28.5 Å². The number of carbonyl (C=O) groups excluding carboxylic acids is 1. The molecule has 3 aliphatic rings. The van der Waals surface area contributed by atoms with Crippen molar-refractivity contribution < 1.29 is 14.3 Å². The van der Waals surface area contributed by atoms with Crippen LogP contribution in [0, 0.1) is 10.8 Å². The van der Waals surface area contributed by atoms with E-state index in [4.69, 9.17) is 9.47 Å². The Hall–Kier alpha value is -0.810. The van der Waals surface area contributed by atoms with Crippen LogP contribution in [0.2, 0.25) is 0 Å². The Kier molecular flexibility index (Phi) is 3.49. The van der Waals surface area contributed by atoms with Crippen molar-refractivity contribution in [3.05, 3.63) is 0 Å². The number of urea groups is 1. The molecule has 0 radical (unpaired) electrons. The second-order valence-corrected chi connectivity index (χ2v) is 7.84. The minimum absolute atomic E-state index is 0.0364. The summed E-state index contributed by atoms with van der Waals surface area (Å²) in [6.07, 6.45) is 3.04. The van der Waals surface area contributed by atoms with Crippen molar-refractivity contribution in [3.8, 4) is 0 Å². The van der Waals surface area contributed by atoms with Crippen LogP contribution in [0.4, 0.5) is 4.79 Å². The lowest BCUT2D eigenvalue weighted by atomic mass is 9.56. The van der Waals surface area contributed by atoms with Gasteiger partial charge in [-0.3, -0.25) is 0 Å². The number of hydrogen-bond acceptors (Lipinski definition) is 3. The van der Waals surface area contributed by atoms with Gasteiger partial charge in [-0.05, 0) is 26.2 Å². The van der Waals surface area contributed by atoms with Gasteiger partial charge in [-0.25, -0.2) is 4.79 Å². The van der Waals surface area contributed by atoms with Crippen molar-refractivity contribution in [2.24, 2.45) is 10.8 Å². The molecule has 1 spiro atoms. The summed E-state index contributed by atoms with van der Waals surface area (Å²) in [5.41, 5.74) is 0.0509. The Bertz CT molecular complexity index is 431. The van der Waals surface area contributed by atoms with Gasteiger partial charge >= 0.3 is 6.03 Å². The highest BCUT2D eigenvalue weighted by atomic mass is 16.5. The SMILES string of the molecule is COC1(C)CC(NC(=O)N2CCC3(CCOC3)C2)C1(C)C. The lowest BCUT2D eigenvalue weighted by molar-refractivity contribution is -0.177. The van der Waals surface area contributed by atoms with Crippen LogP contribution in [0.1, 0.15) is 40.0 Å². The Balaban J connectivity index is 1.56. The van der Waals surface area contributed by atoms with Crippen LogP contribution in [0.15, 0.2) is 0 Å². The van der Waals surface area contributed by atoms with Crippen molar-refractivity contribution in [1.29, 1.82) is 0 Å². The molecule has 5 nitrogen and oxygen atoms in total. The number of hydrogen-bond donors (Lipinski definition) is 1. The molecule has 1 saturated carbocycles. The number of methoxy groups -OCH3 is 1. The van der Waals surface area contributed by atoms with Gasteiger partial charge in [0.2, 0.25) is 0 Å². The van der Waals surface area contributed by atoms with Crippen LogP contribution < -0.4 is 5.32 Å². The first-order valence-electron chi connectivity index (χ1n) is 8.00. The number of ether oxygens (including phenoxy) is 2. The predicted molar refractivity (Wildman–Crippen MR) is 80.2 cm³/mol. The fourth-order valence-corrected chi connectivity index (χ4v) is 4.04. The Labute approximate surface area is 127 Å². The van der Waals surface area contributed by atoms with Crippen LogP contribution in [-0.2, 0) is 9.47 Å². The summed E-state index contributed by atoms with van der Waals surface area (Å²) < 4.78 is 11.1. The summed E-state index contributed by atoms with van der Waals surface area (Å²) >= 11 is 0. The van der Waals surface area contributed by atoms with Crippen molar-refractivity contribution >= 4 is 6.03 Å². The van der Waals surface area contributed by atoms with Crippen LogP contribution in [0.3, 0.4) is 0 Å². The third kappa shape index (κ3) is 2.25. The fourth-order valence-electron chi connectivity index (χ4n) is 4.04. The predicted octanol–water partition coefficient (Wildman–Crippen LogP) is 2.01. The van der Waals surface area contributed by atoms with Gasteiger partial charge in [0.15, 0.2) is 0 Å². The number of nitrogens with one attached hydrogen (secondary N) is 1. The number of likely N-dealkylation sites (tertiary alicyclic amines) is 1. The van der Waals surface area contributed by atoms with Crippen molar-refractivity contribution in [3.63, 3.8) is 0 Å². The lowest BCUT2D eigenvalue weighted by Crippen LogP contribution is -2.69. The van der Waals surface area contributed by atoms with Gasteiger partial charge in [-0.2, -0.15) is 0 Å². The summed E-state index contributed by atoms with van der Waals surface area (Å²) in [6.45, 7) is 9.81. The maximum atomic E-state index is 12.5. The fraction of sp³-hybridized carbons (Fsp3) is 0.938. The molecule has 1 N–H and O–H groups in total. The van der Waals surface area contributed by atoms with Crippen LogP contribution in [-0.4, -0.2) is 56.0 Å². The van der Waals surface area contributed by atoms with Gasteiger partial charge in [0, 0.05) is 43.7 Å². The minimum atomic E-state index is -0.142. The highest BCUT2D eigenvalue weighted by molar-refractivity contribution is 5.75. The first-order valence-corrected chi connectivity index (χ1v) is 8.00. The van der Waals surface area contributed by atoms with Crippen LogP contribution in [0.25, 0.3) is 0 Å². The highest BCUT2D eigenvalue weighted by Gasteiger charge is 2.58. The zero-order valence-electron chi connectivity index (χ0n) is 13.7. The molecule has 0 aromatic heterocycles. The number of nitrogens with zero attached hydrogens (tertiary/aromatic N) is 1. The Morgan fingerprint density at radius 2 is 2.10 bits per heavy atom. The lowest BCUT2D eigenvalue weighted by Gasteiger charge is -2.59. The molecule has 5 heteroatoms. The van der Waals surface area contributed by atoms with E-state index >= 15 is 0 Å². The van der Waals surface area contributed by atoms with Gasteiger partial charge in [-0.1, -0.05) is 13.8 Å². The molecular formula is C16H28N2O3. The molecule has 1 aliphatic carbocycles. The largest absolute Gasteiger partial charge is 0.381 e. The third-order valence-corrected chi connectivity index (χ3v) is 6.49. The van der Waals surface area contributed by atoms with E-state index in [9.17, 15) is 4.79 Å². The zero-order chi connectivity index (χ0) is 15.3. The van der Waals surface area contributed by atoms with Crippen molar-refractivity contribution in [2.45, 2.75) is 51.7 Å². The number of amides is 2. The first kappa shape index (κ1) is 15.1. The van der Waals surface area contributed by atoms with Crippen LogP contribution >= 0.6 is 0 Å². The second kappa shape index (κ2) is 4.85. The van der Waals surface area contributed by atoms with Gasteiger partial charge in [0.1, 0.15) is 0 Å². The molecule has 3 fully saturated rings. The van der Waals surface area contributed by atoms with E-state index in [1.807, 2.05) is 4.90 Å². The van der Waals surface area contributed by atoms with E-state index < -0.39 is 0 Å². The third-order valence-electron chi connectivity index (χ3n) is 6.49. The Morgan fingerprint density at radius 1 is 1.33 bits per heavy atom. The molecule has 0 bridgehead atoms. The van der Waals surface area contributed by atoms with Crippen LogP contribution in [0.5, 0.6) is 0 Å². The molecule has 3 atom stereocenters. The molecule has 120 valence electrons. The van der Waals surface area contributed by atoms with E-state index in [1.165, 1.54) is 0 Å². The molecule has 21 heavy (non-hydrogen) atoms. The molecule has 2 heterocycles. The quantitative estimate of drug-likeness (QED) is 0.848. The minimum Gasteiger partial charge on any atom is -0.381 e. The molecule has 2 aliphatic heterocycles. The molecule has 2 amide bonds. The smallest absolute Gasteiger partial charge is 0.317 e. The molecule has 3 unspecified atom stereocenters. The first-order chi connectivity index (χ1) is 9.82. The summed E-state index contributed by atoms with van der Waals surface area (Å²) in [4.78, 5) is 14.5. The standard InChI is InChI=1S/C16H28N2O3/c1-14(2)12(9-15(14,3)20-4)17-13(19)18-7-5-16(10-18)6-8-21-11-16/h12H,5-11H2,1-4H3,(H,17,19). The normalized spacial score (nSPS) is 41.3. The van der Waals surface area contributed by atoms with E-state index in [0.29, 0.717) is 0 Å². The molecule has 3 rings (SSSR count).